The lowest BCUT2D eigenvalue weighted by atomic mass is 10.1. The van der Waals surface area contributed by atoms with Crippen LogP contribution in [0.5, 0.6) is 0 Å². The van der Waals surface area contributed by atoms with E-state index in [-0.39, 0.29) is 32.3 Å². The summed E-state index contributed by atoms with van der Waals surface area (Å²) in [4.78, 5) is 22.5. The predicted octanol–water partition coefficient (Wildman–Crippen LogP) is 12.6. The van der Waals surface area contributed by atoms with Crippen molar-refractivity contribution >= 4 is 13.8 Å². The highest BCUT2D eigenvalue weighted by Gasteiger charge is 2.25. The fourth-order valence-electron chi connectivity index (χ4n) is 5.57. The summed E-state index contributed by atoms with van der Waals surface area (Å²) < 4.78 is 33.4. The number of phosphoric ester groups is 1. The number of esters is 1. The van der Waals surface area contributed by atoms with Gasteiger partial charge in [-0.15, -0.1) is 0 Å². The van der Waals surface area contributed by atoms with Crippen LogP contribution >= 0.6 is 7.82 Å². The molecule has 0 aromatic carbocycles. The maximum atomic E-state index is 12.6. The second kappa shape index (κ2) is 41.4. The first kappa shape index (κ1) is 51.2. The Morgan fingerprint density at radius 1 is 0.585 bits per heavy atom. The summed E-state index contributed by atoms with van der Waals surface area (Å²) in [5, 5.41) is 0. The van der Waals surface area contributed by atoms with Crippen LogP contribution in [0.4, 0.5) is 0 Å². The molecule has 0 aromatic heterocycles. The van der Waals surface area contributed by atoms with Gasteiger partial charge in [-0.05, 0) is 77.0 Å². The first-order valence-corrected chi connectivity index (χ1v) is 22.8. The summed E-state index contributed by atoms with van der Waals surface area (Å²) >= 11 is 0. The van der Waals surface area contributed by atoms with Gasteiger partial charge in [0.05, 0.1) is 19.8 Å². The van der Waals surface area contributed by atoms with Crippen LogP contribution in [-0.4, -0.2) is 49.9 Å². The van der Waals surface area contributed by atoms with E-state index in [1.165, 1.54) is 77.0 Å². The molecule has 0 spiro atoms. The molecule has 0 radical (unpaired) electrons. The van der Waals surface area contributed by atoms with Crippen LogP contribution in [0.1, 0.15) is 174 Å². The standard InChI is InChI=1S/C44H80NO7P/c1-3-5-7-9-11-13-15-17-19-21-22-23-25-27-29-31-33-35-37-44(46)52-43(42-51-53(47,48)50-40-38-45)41-49-39-36-34-32-30-28-26-24-20-18-16-14-12-10-8-6-4-2/h6,8,12-15,18-21,43H,3-5,7,9-11,16-17,22-42,45H2,1-2H3,(H,47,48)/b8-6-,14-12-,15-13-,20-18-,21-19-. The van der Waals surface area contributed by atoms with Gasteiger partial charge >= 0.3 is 13.8 Å². The van der Waals surface area contributed by atoms with Crippen LogP contribution in [0.15, 0.2) is 60.8 Å². The van der Waals surface area contributed by atoms with Gasteiger partial charge in [0.2, 0.25) is 0 Å². The summed E-state index contributed by atoms with van der Waals surface area (Å²) in [6.07, 6.45) is 49.5. The van der Waals surface area contributed by atoms with Crippen molar-refractivity contribution in [2.75, 3.05) is 33.0 Å². The van der Waals surface area contributed by atoms with Crippen LogP contribution in [0.3, 0.4) is 0 Å². The number of unbranched alkanes of at least 4 members (excludes halogenated alkanes) is 17. The molecule has 0 bridgehead atoms. The lowest BCUT2D eigenvalue weighted by Gasteiger charge is -2.20. The number of hydrogen-bond donors (Lipinski definition) is 2. The van der Waals surface area contributed by atoms with Gasteiger partial charge < -0.3 is 20.1 Å². The summed E-state index contributed by atoms with van der Waals surface area (Å²) in [6.45, 7) is 4.74. The minimum absolute atomic E-state index is 0.0939. The fraction of sp³-hybridized carbons (Fsp3) is 0.750. The van der Waals surface area contributed by atoms with Gasteiger partial charge in [-0.1, -0.05) is 152 Å². The lowest BCUT2D eigenvalue weighted by Crippen LogP contribution is -2.28. The van der Waals surface area contributed by atoms with E-state index < -0.39 is 13.9 Å². The molecule has 0 heterocycles. The highest BCUT2D eigenvalue weighted by atomic mass is 31.2. The molecule has 0 aliphatic carbocycles. The van der Waals surface area contributed by atoms with E-state index >= 15 is 0 Å². The highest BCUT2D eigenvalue weighted by molar-refractivity contribution is 7.47. The normalized spacial score (nSPS) is 14.1. The van der Waals surface area contributed by atoms with E-state index in [2.05, 4.69) is 74.6 Å². The van der Waals surface area contributed by atoms with E-state index in [1.54, 1.807) is 0 Å². The molecular weight excluding hydrogens is 685 g/mol. The Kier molecular flexibility index (Phi) is 40.0. The Morgan fingerprint density at radius 3 is 1.58 bits per heavy atom. The van der Waals surface area contributed by atoms with Crippen molar-refractivity contribution in [3.63, 3.8) is 0 Å². The minimum atomic E-state index is -4.28. The number of nitrogens with two attached hydrogens (primary N) is 1. The molecule has 0 aromatic rings. The quantitative estimate of drug-likeness (QED) is 0.0274. The molecule has 8 nitrogen and oxygen atoms in total. The van der Waals surface area contributed by atoms with Crippen LogP contribution in [-0.2, 0) is 27.9 Å². The van der Waals surface area contributed by atoms with Gasteiger partial charge in [-0.25, -0.2) is 4.57 Å². The molecule has 0 aliphatic heterocycles. The number of carbonyl (C=O) groups is 1. The van der Waals surface area contributed by atoms with Crippen molar-refractivity contribution in [3.05, 3.63) is 60.8 Å². The van der Waals surface area contributed by atoms with Crippen LogP contribution in [0.2, 0.25) is 0 Å². The summed E-state index contributed by atoms with van der Waals surface area (Å²) in [6, 6.07) is 0. The Hall–Kier alpha value is -1.80. The number of carbonyl (C=O) groups excluding carboxylic acids is 1. The summed E-state index contributed by atoms with van der Waals surface area (Å²) in [7, 11) is -4.28. The van der Waals surface area contributed by atoms with E-state index in [4.69, 9.17) is 24.3 Å². The second-order valence-electron chi connectivity index (χ2n) is 13.8. The predicted molar refractivity (Wildman–Crippen MR) is 224 cm³/mol. The Morgan fingerprint density at radius 2 is 1.06 bits per heavy atom. The van der Waals surface area contributed by atoms with Crippen LogP contribution < -0.4 is 5.73 Å². The topological polar surface area (TPSA) is 117 Å². The fourth-order valence-corrected chi connectivity index (χ4v) is 6.33. The van der Waals surface area contributed by atoms with Crippen LogP contribution in [0.25, 0.3) is 0 Å². The largest absolute Gasteiger partial charge is 0.472 e. The first-order valence-electron chi connectivity index (χ1n) is 21.3. The molecule has 2 atom stereocenters. The molecule has 3 N–H and O–H groups in total. The monoisotopic (exact) mass is 766 g/mol. The van der Waals surface area contributed by atoms with Crippen LogP contribution in [0, 0.1) is 0 Å². The molecule has 0 aliphatic rings. The number of hydrogen-bond acceptors (Lipinski definition) is 7. The Labute approximate surface area is 325 Å². The average Bonchev–Trinajstić information content (AvgIpc) is 3.15. The Balaban J connectivity index is 4.08. The SMILES string of the molecule is CC/C=C\C/C=C\C/C=C\CCCCCCCCOCC(COP(=O)(O)OCCN)OC(=O)CCCCCCCCC/C=C\C/C=C\CCCCCC. The number of allylic oxidation sites excluding steroid dienone is 10. The Bertz CT molecular complexity index is 994. The molecule has 0 amide bonds. The van der Waals surface area contributed by atoms with Crippen molar-refractivity contribution in [2.45, 2.75) is 180 Å². The maximum absolute atomic E-state index is 12.6. The number of ether oxygens (including phenoxy) is 2. The molecule has 53 heavy (non-hydrogen) atoms. The van der Waals surface area contributed by atoms with Crippen molar-refractivity contribution in [3.8, 4) is 0 Å². The number of rotatable bonds is 40. The van der Waals surface area contributed by atoms with Gasteiger partial charge in [-0.2, -0.15) is 0 Å². The molecule has 9 heteroatoms. The zero-order chi connectivity index (χ0) is 38.8. The summed E-state index contributed by atoms with van der Waals surface area (Å²) in [5.41, 5.74) is 5.36. The van der Waals surface area contributed by atoms with E-state index in [1.807, 2.05) is 0 Å². The molecule has 0 saturated carbocycles. The third kappa shape index (κ3) is 41.2. The zero-order valence-electron chi connectivity index (χ0n) is 34.0. The number of phosphoric acid groups is 1. The third-order valence-corrected chi connectivity index (χ3v) is 9.65. The van der Waals surface area contributed by atoms with Gasteiger partial charge in [-0.3, -0.25) is 13.8 Å². The maximum Gasteiger partial charge on any atom is 0.472 e. The minimum Gasteiger partial charge on any atom is -0.457 e. The molecule has 2 unspecified atom stereocenters. The molecule has 308 valence electrons. The van der Waals surface area contributed by atoms with E-state index in [0.29, 0.717) is 13.0 Å². The third-order valence-electron chi connectivity index (χ3n) is 8.67. The van der Waals surface area contributed by atoms with Crippen molar-refractivity contribution in [2.24, 2.45) is 5.73 Å². The van der Waals surface area contributed by atoms with E-state index in [0.717, 1.165) is 77.0 Å². The van der Waals surface area contributed by atoms with Crippen molar-refractivity contribution in [1.29, 1.82) is 0 Å². The van der Waals surface area contributed by atoms with Crippen molar-refractivity contribution in [1.82, 2.24) is 0 Å². The van der Waals surface area contributed by atoms with Gasteiger partial charge in [0.15, 0.2) is 0 Å². The molecular formula is C44H80NO7P. The van der Waals surface area contributed by atoms with Gasteiger partial charge in [0, 0.05) is 19.6 Å². The lowest BCUT2D eigenvalue weighted by molar-refractivity contribution is -0.154. The summed E-state index contributed by atoms with van der Waals surface area (Å²) in [5.74, 6) is -0.345. The smallest absolute Gasteiger partial charge is 0.457 e. The van der Waals surface area contributed by atoms with E-state index in [9.17, 15) is 14.3 Å². The van der Waals surface area contributed by atoms with Gasteiger partial charge in [0.1, 0.15) is 6.10 Å². The molecule has 0 saturated heterocycles. The zero-order valence-corrected chi connectivity index (χ0v) is 34.9. The van der Waals surface area contributed by atoms with Crippen molar-refractivity contribution < 1.29 is 32.8 Å². The van der Waals surface area contributed by atoms with Gasteiger partial charge in [0.25, 0.3) is 0 Å². The highest BCUT2D eigenvalue weighted by Crippen LogP contribution is 2.43. The average molecular weight is 766 g/mol. The second-order valence-corrected chi connectivity index (χ2v) is 15.3. The molecule has 0 rings (SSSR count). The molecule has 0 fully saturated rings. The first-order chi connectivity index (χ1) is 25.9.